The van der Waals surface area contributed by atoms with Gasteiger partial charge in [-0.1, -0.05) is 6.92 Å². The van der Waals surface area contributed by atoms with Crippen LogP contribution in [0, 0.1) is 18.3 Å². The van der Waals surface area contributed by atoms with E-state index in [2.05, 4.69) is 36.9 Å². The molecule has 2 heteroatoms. The Morgan fingerprint density at radius 1 is 1.53 bits per heavy atom. The van der Waals surface area contributed by atoms with Crippen LogP contribution in [0.15, 0.2) is 0 Å². The molecule has 3 atom stereocenters. The van der Waals surface area contributed by atoms with Crippen LogP contribution in [0.4, 0.5) is 0 Å². The van der Waals surface area contributed by atoms with E-state index in [1.54, 1.807) is 0 Å². The van der Waals surface area contributed by atoms with Crippen LogP contribution in [-0.2, 0) is 0 Å². The van der Waals surface area contributed by atoms with Crippen molar-refractivity contribution in [1.29, 1.82) is 0 Å². The first-order chi connectivity index (χ1) is 8.10. The minimum absolute atomic E-state index is 0.328. The van der Waals surface area contributed by atoms with Crippen molar-refractivity contribution in [1.82, 2.24) is 10.2 Å². The van der Waals surface area contributed by atoms with Crippen molar-refractivity contribution in [2.45, 2.75) is 64.1 Å². The maximum Gasteiger partial charge on any atom is 0.0309 e. The zero-order valence-corrected chi connectivity index (χ0v) is 11.5. The first-order valence-electron chi connectivity index (χ1n) is 7.05. The first kappa shape index (κ1) is 12.9. The van der Waals surface area contributed by atoms with E-state index in [9.17, 15) is 0 Å². The number of nitrogens with zero attached hydrogens (tertiary/aromatic N) is 1. The SMILES string of the molecule is C#CCC(CC)N1CC(C)(C2CC2)NCC1C. The lowest BCUT2D eigenvalue weighted by Crippen LogP contribution is -2.65. The summed E-state index contributed by atoms with van der Waals surface area (Å²) >= 11 is 0. The Morgan fingerprint density at radius 3 is 2.76 bits per heavy atom. The molecule has 1 aliphatic carbocycles. The molecule has 1 heterocycles. The van der Waals surface area contributed by atoms with Gasteiger partial charge in [0.05, 0.1) is 0 Å². The summed E-state index contributed by atoms with van der Waals surface area (Å²) in [4.78, 5) is 2.65. The summed E-state index contributed by atoms with van der Waals surface area (Å²) in [6.07, 6.45) is 10.4. The average Bonchev–Trinajstić information content (AvgIpc) is 3.14. The molecule has 17 heavy (non-hydrogen) atoms. The monoisotopic (exact) mass is 234 g/mol. The normalized spacial score (nSPS) is 36.5. The second-order valence-electron chi connectivity index (χ2n) is 6.06. The van der Waals surface area contributed by atoms with Crippen LogP contribution in [0.25, 0.3) is 0 Å². The highest BCUT2D eigenvalue weighted by Gasteiger charge is 2.46. The summed E-state index contributed by atoms with van der Waals surface area (Å²) in [6, 6.07) is 1.18. The van der Waals surface area contributed by atoms with Gasteiger partial charge in [0.1, 0.15) is 0 Å². The van der Waals surface area contributed by atoms with Gasteiger partial charge in [-0.15, -0.1) is 12.3 Å². The molecule has 0 aromatic carbocycles. The van der Waals surface area contributed by atoms with Crippen molar-refractivity contribution < 1.29 is 0 Å². The highest BCUT2D eigenvalue weighted by Crippen LogP contribution is 2.41. The molecule has 0 aromatic rings. The van der Waals surface area contributed by atoms with E-state index >= 15 is 0 Å². The van der Waals surface area contributed by atoms with E-state index in [4.69, 9.17) is 6.42 Å². The van der Waals surface area contributed by atoms with E-state index < -0.39 is 0 Å². The van der Waals surface area contributed by atoms with Crippen molar-refractivity contribution >= 4 is 0 Å². The van der Waals surface area contributed by atoms with Crippen molar-refractivity contribution in [3.8, 4) is 12.3 Å². The maximum atomic E-state index is 5.50. The molecular formula is C15H26N2. The molecule has 0 spiro atoms. The number of nitrogens with one attached hydrogen (secondary N) is 1. The molecule has 2 fully saturated rings. The van der Waals surface area contributed by atoms with Gasteiger partial charge in [0.15, 0.2) is 0 Å². The zero-order valence-electron chi connectivity index (χ0n) is 11.5. The Labute approximate surface area is 106 Å². The minimum Gasteiger partial charge on any atom is -0.308 e. The lowest BCUT2D eigenvalue weighted by Gasteiger charge is -2.48. The predicted octanol–water partition coefficient (Wildman–Crippen LogP) is 2.25. The van der Waals surface area contributed by atoms with Crippen molar-refractivity contribution in [2.75, 3.05) is 13.1 Å². The molecule has 0 amide bonds. The standard InChI is InChI=1S/C15H26N2/c1-5-7-14(6-2)17-11-15(4,13-8-9-13)16-10-12(17)3/h1,12-14,16H,6-11H2,2-4H3. The Hall–Kier alpha value is -0.520. The summed E-state index contributed by atoms with van der Waals surface area (Å²) in [5.41, 5.74) is 0.328. The lowest BCUT2D eigenvalue weighted by molar-refractivity contribution is 0.0460. The van der Waals surface area contributed by atoms with E-state index in [1.807, 2.05) is 0 Å². The third-order valence-corrected chi connectivity index (χ3v) is 4.65. The van der Waals surface area contributed by atoms with Gasteiger partial charge < -0.3 is 5.32 Å². The van der Waals surface area contributed by atoms with Gasteiger partial charge in [-0.3, -0.25) is 4.90 Å². The third kappa shape index (κ3) is 2.67. The van der Waals surface area contributed by atoms with Crippen molar-refractivity contribution in [3.05, 3.63) is 0 Å². The van der Waals surface area contributed by atoms with Crippen LogP contribution < -0.4 is 5.32 Å². The Morgan fingerprint density at radius 2 is 2.24 bits per heavy atom. The molecule has 2 nitrogen and oxygen atoms in total. The van der Waals surface area contributed by atoms with Gasteiger partial charge in [0, 0.05) is 37.1 Å². The van der Waals surface area contributed by atoms with Gasteiger partial charge in [-0.2, -0.15) is 0 Å². The molecule has 1 aliphatic heterocycles. The van der Waals surface area contributed by atoms with Crippen molar-refractivity contribution in [3.63, 3.8) is 0 Å². The summed E-state index contributed by atoms with van der Waals surface area (Å²) in [5.74, 6) is 3.74. The number of rotatable bonds is 4. The second kappa shape index (κ2) is 5.00. The summed E-state index contributed by atoms with van der Waals surface area (Å²) in [7, 11) is 0. The summed E-state index contributed by atoms with van der Waals surface area (Å²) in [6.45, 7) is 9.24. The molecule has 1 saturated heterocycles. The van der Waals surface area contributed by atoms with Crippen LogP contribution in [0.5, 0.6) is 0 Å². The highest BCUT2D eigenvalue weighted by molar-refractivity contribution is 5.05. The first-order valence-corrected chi connectivity index (χ1v) is 7.05. The molecular weight excluding hydrogens is 208 g/mol. The number of hydrogen-bond donors (Lipinski definition) is 1. The Balaban J connectivity index is 2.05. The maximum absolute atomic E-state index is 5.50. The number of piperazine rings is 1. The average molecular weight is 234 g/mol. The van der Waals surface area contributed by atoms with Crippen LogP contribution in [0.3, 0.4) is 0 Å². The van der Waals surface area contributed by atoms with E-state index in [0.717, 1.165) is 25.3 Å². The Kier molecular flexibility index (Phi) is 3.80. The molecule has 2 rings (SSSR count). The van der Waals surface area contributed by atoms with Crippen molar-refractivity contribution in [2.24, 2.45) is 5.92 Å². The molecule has 0 radical (unpaired) electrons. The summed E-state index contributed by atoms with van der Waals surface area (Å²) < 4.78 is 0. The smallest absolute Gasteiger partial charge is 0.0309 e. The topological polar surface area (TPSA) is 15.3 Å². The quantitative estimate of drug-likeness (QED) is 0.751. The van der Waals surface area contributed by atoms with Gasteiger partial charge >= 0.3 is 0 Å². The highest BCUT2D eigenvalue weighted by atomic mass is 15.3. The largest absolute Gasteiger partial charge is 0.308 e. The van der Waals surface area contributed by atoms with Gasteiger partial charge in [0.25, 0.3) is 0 Å². The van der Waals surface area contributed by atoms with Gasteiger partial charge in [-0.25, -0.2) is 0 Å². The van der Waals surface area contributed by atoms with Gasteiger partial charge in [0.2, 0.25) is 0 Å². The summed E-state index contributed by atoms with van der Waals surface area (Å²) in [5, 5.41) is 3.76. The molecule has 0 aromatic heterocycles. The molecule has 96 valence electrons. The molecule has 3 unspecified atom stereocenters. The van der Waals surface area contributed by atoms with E-state index in [0.29, 0.717) is 17.6 Å². The second-order valence-corrected chi connectivity index (χ2v) is 6.06. The minimum atomic E-state index is 0.328. The molecule has 1 saturated carbocycles. The van der Waals surface area contributed by atoms with E-state index in [-0.39, 0.29) is 0 Å². The van der Waals surface area contributed by atoms with Crippen LogP contribution in [0.2, 0.25) is 0 Å². The number of terminal acetylenes is 1. The number of hydrogen-bond acceptors (Lipinski definition) is 2. The molecule has 1 N–H and O–H groups in total. The van der Waals surface area contributed by atoms with Gasteiger partial charge in [-0.05, 0) is 39.0 Å². The fourth-order valence-electron chi connectivity index (χ4n) is 3.20. The van der Waals surface area contributed by atoms with E-state index in [1.165, 1.54) is 19.4 Å². The zero-order chi connectivity index (χ0) is 12.5. The van der Waals surface area contributed by atoms with Crippen LogP contribution >= 0.6 is 0 Å². The van der Waals surface area contributed by atoms with Crippen LogP contribution in [-0.4, -0.2) is 35.6 Å². The lowest BCUT2D eigenvalue weighted by atomic mass is 9.89. The molecule has 2 aliphatic rings. The van der Waals surface area contributed by atoms with Crippen LogP contribution in [0.1, 0.15) is 46.5 Å². The fraction of sp³-hybridized carbons (Fsp3) is 0.867. The fourth-order valence-corrected chi connectivity index (χ4v) is 3.20. The molecule has 0 bridgehead atoms. The predicted molar refractivity (Wildman–Crippen MR) is 72.8 cm³/mol. The third-order valence-electron chi connectivity index (χ3n) is 4.65. The Bertz CT molecular complexity index is 303.